The fourth-order valence-electron chi connectivity index (χ4n) is 1.44. The molecule has 6 heteroatoms. The Kier molecular flexibility index (Phi) is 4.45. The molecule has 0 aromatic carbocycles. The van der Waals surface area contributed by atoms with Gasteiger partial charge in [0.2, 0.25) is 5.91 Å². The maximum atomic E-state index is 11.9. The molecule has 1 atom stereocenters. The Hall–Kier alpha value is -2.11. The lowest BCUT2D eigenvalue weighted by Crippen LogP contribution is -2.36. The quantitative estimate of drug-likeness (QED) is 0.676. The van der Waals surface area contributed by atoms with E-state index in [1.807, 2.05) is 0 Å². The second-order valence-electron chi connectivity index (χ2n) is 3.69. The van der Waals surface area contributed by atoms with Gasteiger partial charge in [0.05, 0.1) is 5.56 Å². The average Bonchev–Trinajstić information content (AvgIpc) is 2.27. The summed E-state index contributed by atoms with van der Waals surface area (Å²) in [5, 5.41) is 5.51. The standard InChI is InChI=1S/C11H16N4O2/c1-7(6-9(12)16)15-11(17)8-4-3-5-14-10(8)13-2/h3-5,7H,6H2,1-2H3,(H2,12,16)(H,13,14)(H,15,17). The van der Waals surface area contributed by atoms with Crippen LogP contribution in [0.25, 0.3) is 0 Å². The van der Waals surface area contributed by atoms with Gasteiger partial charge in [-0.05, 0) is 19.1 Å². The van der Waals surface area contributed by atoms with E-state index in [1.54, 1.807) is 32.3 Å². The molecular formula is C11H16N4O2. The minimum atomic E-state index is -0.446. The molecule has 17 heavy (non-hydrogen) atoms. The average molecular weight is 236 g/mol. The molecule has 0 fully saturated rings. The maximum absolute atomic E-state index is 11.9. The zero-order valence-electron chi connectivity index (χ0n) is 9.86. The number of amides is 2. The Morgan fingerprint density at radius 3 is 2.82 bits per heavy atom. The van der Waals surface area contributed by atoms with Crippen molar-refractivity contribution >= 4 is 17.6 Å². The van der Waals surface area contributed by atoms with Crippen LogP contribution in [0.3, 0.4) is 0 Å². The molecular weight excluding hydrogens is 220 g/mol. The second-order valence-corrected chi connectivity index (χ2v) is 3.69. The highest BCUT2D eigenvalue weighted by atomic mass is 16.2. The number of hydrogen-bond acceptors (Lipinski definition) is 4. The molecule has 1 aromatic rings. The number of aromatic nitrogens is 1. The third-order valence-electron chi connectivity index (χ3n) is 2.17. The van der Waals surface area contributed by atoms with Crippen LogP contribution in [0.5, 0.6) is 0 Å². The molecule has 0 bridgehead atoms. The molecule has 1 unspecified atom stereocenters. The Morgan fingerprint density at radius 1 is 1.53 bits per heavy atom. The van der Waals surface area contributed by atoms with Crippen molar-refractivity contribution in [2.45, 2.75) is 19.4 Å². The normalized spacial score (nSPS) is 11.6. The minimum absolute atomic E-state index is 0.112. The summed E-state index contributed by atoms with van der Waals surface area (Å²) in [4.78, 5) is 26.6. The van der Waals surface area contributed by atoms with Crippen LogP contribution >= 0.6 is 0 Å². The highest BCUT2D eigenvalue weighted by Crippen LogP contribution is 2.10. The molecule has 0 aliphatic carbocycles. The van der Waals surface area contributed by atoms with Gasteiger partial charge in [-0.25, -0.2) is 4.98 Å². The van der Waals surface area contributed by atoms with Crippen molar-refractivity contribution in [3.05, 3.63) is 23.9 Å². The number of nitrogens with zero attached hydrogens (tertiary/aromatic N) is 1. The van der Waals surface area contributed by atoms with Crippen LogP contribution in [0.15, 0.2) is 18.3 Å². The minimum Gasteiger partial charge on any atom is -0.372 e. The van der Waals surface area contributed by atoms with Crippen LogP contribution in [0.2, 0.25) is 0 Å². The number of nitrogens with one attached hydrogen (secondary N) is 2. The lowest BCUT2D eigenvalue weighted by Gasteiger charge is -2.13. The van der Waals surface area contributed by atoms with E-state index in [2.05, 4.69) is 15.6 Å². The molecule has 4 N–H and O–H groups in total. The Bertz CT molecular complexity index is 420. The van der Waals surface area contributed by atoms with Gasteiger partial charge in [-0.1, -0.05) is 0 Å². The lowest BCUT2D eigenvalue weighted by molar-refractivity contribution is -0.118. The first-order valence-electron chi connectivity index (χ1n) is 5.26. The van der Waals surface area contributed by atoms with Gasteiger partial charge in [-0.2, -0.15) is 0 Å². The molecule has 2 amide bonds. The van der Waals surface area contributed by atoms with E-state index in [4.69, 9.17) is 5.73 Å². The molecule has 0 aliphatic heterocycles. The Labute approximate surface area is 99.6 Å². The van der Waals surface area contributed by atoms with Crippen molar-refractivity contribution in [2.24, 2.45) is 5.73 Å². The van der Waals surface area contributed by atoms with Gasteiger partial charge in [0.25, 0.3) is 5.91 Å². The SMILES string of the molecule is CNc1ncccc1C(=O)NC(C)CC(N)=O. The zero-order chi connectivity index (χ0) is 12.8. The third-order valence-corrected chi connectivity index (χ3v) is 2.17. The number of anilines is 1. The van der Waals surface area contributed by atoms with E-state index in [0.717, 1.165) is 0 Å². The first kappa shape index (κ1) is 13.0. The fraction of sp³-hybridized carbons (Fsp3) is 0.364. The predicted molar refractivity (Wildman–Crippen MR) is 64.5 cm³/mol. The Morgan fingerprint density at radius 2 is 2.24 bits per heavy atom. The van der Waals surface area contributed by atoms with E-state index >= 15 is 0 Å². The van der Waals surface area contributed by atoms with E-state index < -0.39 is 5.91 Å². The van der Waals surface area contributed by atoms with Gasteiger partial charge in [-0.3, -0.25) is 9.59 Å². The number of carbonyl (C=O) groups is 2. The topological polar surface area (TPSA) is 97.1 Å². The Balaban J connectivity index is 2.72. The van der Waals surface area contributed by atoms with E-state index in [-0.39, 0.29) is 18.4 Å². The van der Waals surface area contributed by atoms with E-state index in [9.17, 15) is 9.59 Å². The van der Waals surface area contributed by atoms with Gasteiger partial charge in [-0.15, -0.1) is 0 Å². The molecule has 0 saturated carbocycles. The van der Waals surface area contributed by atoms with Crippen molar-refractivity contribution in [2.75, 3.05) is 12.4 Å². The summed E-state index contributed by atoms with van der Waals surface area (Å²) in [5.41, 5.74) is 5.49. The highest BCUT2D eigenvalue weighted by molar-refractivity contribution is 5.99. The van der Waals surface area contributed by atoms with Gasteiger partial charge in [0.15, 0.2) is 0 Å². The highest BCUT2D eigenvalue weighted by Gasteiger charge is 2.14. The first-order chi connectivity index (χ1) is 8.04. The van der Waals surface area contributed by atoms with Crippen LogP contribution in [-0.4, -0.2) is 29.9 Å². The van der Waals surface area contributed by atoms with Crippen LogP contribution < -0.4 is 16.4 Å². The van der Waals surface area contributed by atoms with Crippen molar-refractivity contribution in [3.8, 4) is 0 Å². The molecule has 1 rings (SSSR count). The molecule has 0 spiro atoms. The van der Waals surface area contributed by atoms with Gasteiger partial charge in [0, 0.05) is 25.7 Å². The van der Waals surface area contributed by atoms with Crippen LogP contribution in [0.1, 0.15) is 23.7 Å². The number of nitrogens with two attached hydrogens (primary N) is 1. The smallest absolute Gasteiger partial charge is 0.255 e. The summed E-state index contributed by atoms with van der Waals surface area (Å²) < 4.78 is 0. The number of pyridine rings is 1. The van der Waals surface area contributed by atoms with Gasteiger partial charge in [0.1, 0.15) is 5.82 Å². The molecule has 0 saturated heterocycles. The number of rotatable bonds is 5. The van der Waals surface area contributed by atoms with Crippen LogP contribution in [0, 0.1) is 0 Å². The van der Waals surface area contributed by atoms with Gasteiger partial charge < -0.3 is 16.4 Å². The molecule has 6 nitrogen and oxygen atoms in total. The summed E-state index contributed by atoms with van der Waals surface area (Å²) in [6.45, 7) is 1.72. The summed E-state index contributed by atoms with van der Waals surface area (Å²) in [7, 11) is 1.69. The number of primary amides is 1. The molecule has 0 radical (unpaired) electrons. The summed E-state index contributed by atoms with van der Waals surface area (Å²) >= 11 is 0. The first-order valence-corrected chi connectivity index (χ1v) is 5.26. The zero-order valence-corrected chi connectivity index (χ0v) is 9.86. The molecule has 1 aromatic heterocycles. The predicted octanol–water partition coefficient (Wildman–Crippen LogP) is 0.117. The van der Waals surface area contributed by atoms with Crippen LogP contribution in [-0.2, 0) is 4.79 Å². The fourth-order valence-corrected chi connectivity index (χ4v) is 1.44. The van der Waals surface area contributed by atoms with Crippen LogP contribution in [0.4, 0.5) is 5.82 Å². The van der Waals surface area contributed by atoms with Crippen molar-refractivity contribution in [1.82, 2.24) is 10.3 Å². The molecule has 1 heterocycles. The van der Waals surface area contributed by atoms with E-state index in [1.165, 1.54) is 0 Å². The number of carbonyl (C=O) groups excluding carboxylic acids is 2. The molecule has 92 valence electrons. The second kappa shape index (κ2) is 5.83. The monoisotopic (exact) mass is 236 g/mol. The maximum Gasteiger partial charge on any atom is 0.255 e. The third kappa shape index (κ3) is 3.75. The lowest BCUT2D eigenvalue weighted by atomic mass is 10.2. The van der Waals surface area contributed by atoms with Crippen molar-refractivity contribution in [3.63, 3.8) is 0 Å². The summed E-state index contributed by atoms with van der Waals surface area (Å²) in [5.74, 6) is -0.231. The van der Waals surface area contributed by atoms with E-state index in [0.29, 0.717) is 11.4 Å². The largest absolute Gasteiger partial charge is 0.372 e. The van der Waals surface area contributed by atoms with Crippen molar-refractivity contribution in [1.29, 1.82) is 0 Å². The molecule has 0 aliphatic rings. The van der Waals surface area contributed by atoms with Gasteiger partial charge >= 0.3 is 0 Å². The summed E-state index contributed by atoms with van der Waals surface area (Å²) in [6.07, 6.45) is 1.70. The number of hydrogen-bond donors (Lipinski definition) is 3. The van der Waals surface area contributed by atoms with Crippen molar-refractivity contribution < 1.29 is 9.59 Å². The summed E-state index contributed by atoms with van der Waals surface area (Å²) in [6, 6.07) is 3.03.